The number of carbonyl (C=O) groups excluding carboxylic acids is 1. The highest BCUT2D eigenvalue weighted by molar-refractivity contribution is 6.44. The number of amides is 1. The summed E-state index contributed by atoms with van der Waals surface area (Å²) in [5.41, 5.74) is 1.79. The molecule has 5 heteroatoms. The van der Waals surface area contributed by atoms with E-state index < -0.39 is 0 Å². The van der Waals surface area contributed by atoms with E-state index >= 15 is 0 Å². The minimum absolute atomic E-state index is 0.252. The van der Waals surface area contributed by atoms with Gasteiger partial charge in [-0.3, -0.25) is 9.78 Å². The van der Waals surface area contributed by atoms with Gasteiger partial charge in [0.05, 0.1) is 21.2 Å². The summed E-state index contributed by atoms with van der Waals surface area (Å²) in [5, 5.41) is 4.29. The fourth-order valence-corrected chi connectivity index (χ4v) is 2.44. The summed E-state index contributed by atoms with van der Waals surface area (Å²) >= 11 is 12.0. The van der Waals surface area contributed by atoms with Gasteiger partial charge in [0, 0.05) is 17.1 Å². The van der Waals surface area contributed by atoms with E-state index in [-0.39, 0.29) is 5.91 Å². The number of rotatable bonds is 2. The van der Waals surface area contributed by atoms with Crippen LogP contribution in [0.2, 0.25) is 10.0 Å². The number of halogens is 2. The number of nitrogens with one attached hydrogen (secondary N) is 1. The number of aromatic nitrogens is 1. The lowest BCUT2D eigenvalue weighted by molar-refractivity contribution is 0.102. The predicted octanol–water partition coefficient (Wildman–Crippen LogP) is 4.79. The average molecular weight is 317 g/mol. The molecule has 3 nitrogen and oxygen atoms in total. The standard InChI is InChI=1S/C16H10Cl2N2O/c17-12-6-2-8-14(15(12)18)20-16(21)11-4-1-7-13-10(11)5-3-9-19-13/h1-9H,(H,20,21). The van der Waals surface area contributed by atoms with Crippen LogP contribution in [0.15, 0.2) is 54.7 Å². The van der Waals surface area contributed by atoms with Gasteiger partial charge in [-0.1, -0.05) is 41.4 Å². The first kappa shape index (κ1) is 13.9. The largest absolute Gasteiger partial charge is 0.321 e. The Kier molecular flexibility index (Phi) is 3.78. The molecule has 1 amide bonds. The molecule has 0 spiro atoms. The van der Waals surface area contributed by atoms with Crippen molar-refractivity contribution in [3.8, 4) is 0 Å². The smallest absolute Gasteiger partial charge is 0.256 e. The first-order chi connectivity index (χ1) is 10.2. The van der Waals surface area contributed by atoms with Crippen molar-refractivity contribution in [1.29, 1.82) is 0 Å². The first-order valence-corrected chi connectivity index (χ1v) is 7.01. The molecule has 1 heterocycles. The van der Waals surface area contributed by atoms with Crippen LogP contribution < -0.4 is 5.32 Å². The minimum Gasteiger partial charge on any atom is -0.321 e. The fourth-order valence-electron chi connectivity index (χ4n) is 2.09. The topological polar surface area (TPSA) is 42.0 Å². The van der Waals surface area contributed by atoms with E-state index in [4.69, 9.17) is 23.2 Å². The summed E-state index contributed by atoms with van der Waals surface area (Å²) in [4.78, 5) is 16.7. The van der Waals surface area contributed by atoms with Crippen LogP contribution in [-0.2, 0) is 0 Å². The van der Waals surface area contributed by atoms with Crippen LogP contribution in [0.5, 0.6) is 0 Å². The van der Waals surface area contributed by atoms with Crippen LogP contribution in [-0.4, -0.2) is 10.9 Å². The van der Waals surface area contributed by atoms with Crippen LogP contribution in [0.1, 0.15) is 10.4 Å². The molecular formula is C16H10Cl2N2O. The summed E-state index contributed by atoms with van der Waals surface area (Å²) < 4.78 is 0. The summed E-state index contributed by atoms with van der Waals surface area (Å²) in [7, 11) is 0. The Morgan fingerprint density at radius 3 is 2.67 bits per heavy atom. The SMILES string of the molecule is O=C(Nc1cccc(Cl)c1Cl)c1cccc2ncccc12. The van der Waals surface area contributed by atoms with E-state index in [0.717, 1.165) is 10.9 Å². The van der Waals surface area contributed by atoms with Crippen LogP contribution in [0, 0.1) is 0 Å². The van der Waals surface area contributed by atoms with Gasteiger partial charge in [0.1, 0.15) is 0 Å². The van der Waals surface area contributed by atoms with Gasteiger partial charge in [0.25, 0.3) is 5.91 Å². The van der Waals surface area contributed by atoms with E-state index in [2.05, 4.69) is 10.3 Å². The predicted molar refractivity (Wildman–Crippen MR) is 86.2 cm³/mol. The normalized spacial score (nSPS) is 10.6. The molecule has 3 rings (SSSR count). The number of benzene rings is 2. The zero-order valence-electron chi connectivity index (χ0n) is 10.8. The van der Waals surface area contributed by atoms with Gasteiger partial charge in [0.15, 0.2) is 0 Å². The number of pyridine rings is 1. The minimum atomic E-state index is -0.252. The summed E-state index contributed by atoms with van der Waals surface area (Å²) in [5.74, 6) is -0.252. The Morgan fingerprint density at radius 2 is 1.81 bits per heavy atom. The van der Waals surface area contributed by atoms with Crippen LogP contribution >= 0.6 is 23.2 Å². The molecular weight excluding hydrogens is 307 g/mol. The van der Waals surface area contributed by atoms with Gasteiger partial charge in [-0.2, -0.15) is 0 Å². The van der Waals surface area contributed by atoms with Crippen molar-refractivity contribution in [2.75, 3.05) is 5.32 Å². The van der Waals surface area contributed by atoms with Crippen LogP contribution in [0.25, 0.3) is 10.9 Å². The number of fused-ring (bicyclic) bond motifs is 1. The third-order valence-electron chi connectivity index (χ3n) is 3.09. The quantitative estimate of drug-likeness (QED) is 0.738. The highest BCUT2D eigenvalue weighted by atomic mass is 35.5. The Morgan fingerprint density at radius 1 is 1.00 bits per heavy atom. The van der Waals surface area contributed by atoms with Gasteiger partial charge in [0.2, 0.25) is 0 Å². The lowest BCUT2D eigenvalue weighted by Crippen LogP contribution is -2.12. The highest BCUT2D eigenvalue weighted by Gasteiger charge is 2.13. The molecule has 0 aliphatic rings. The Hall–Kier alpha value is -2.10. The van der Waals surface area contributed by atoms with Crippen molar-refractivity contribution in [3.05, 3.63) is 70.3 Å². The summed E-state index contributed by atoms with van der Waals surface area (Å²) in [6.07, 6.45) is 1.69. The molecule has 0 radical (unpaired) electrons. The molecule has 0 saturated carbocycles. The molecule has 0 saturated heterocycles. The lowest BCUT2D eigenvalue weighted by atomic mass is 10.1. The number of anilines is 1. The molecule has 0 fully saturated rings. The fraction of sp³-hybridized carbons (Fsp3) is 0. The average Bonchev–Trinajstić information content (AvgIpc) is 2.51. The van der Waals surface area contributed by atoms with Gasteiger partial charge in [-0.15, -0.1) is 0 Å². The van der Waals surface area contributed by atoms with Gasteiger partial charge >= 0.3 is 0 Å². The first-order valence-electron chi connectivity index (χ1n) is 6.26. The monoisotopic (exact) mass is 316 g/mol. The second-order valence-electron chi connectivity index (χ2n) is 4.43. The molecule has 0 atom stereocenters. The Balaban J connectivity index is 2.00. The van der Waals surface area contributed by atoms with Crippen molar-refractivity contribution in [1.82, 2.24) is 4.98 Å². The van der Waals surface area contributed by atoms with Crippen molar-refractivity contribution < 1.29 is 4.79 Å². The van der Waals surface area contributed by atoms with E-state index in [1.165, 1.54) is 0 Å². The van der Waals surface area contributed by atoms with Gasteiger partial charge in [-0.05, 0) is 30.3 Å². The number of nitrogens with zero attached hydrogens (tertiary/aromatic N) is 1. The van der Waals surface area contributed by atoms with E-state index in [1.807, 2.05) is 12.1 Å². The molecule has 1 N–H and O–H groups in total. The molecule has 3 aromatic rings. The van der Waals surface area contributed by atoms with Gasteiger partial charge in [-0.25, -0.2) is 0 Å². The molecule has 2 aromatic carbocycles. The van der Waals surface area contributed by atoms with E-state index in [1.54, 1.807) is 42.6 Å². The van der Waals surface area contributed by atoms with Crippen LogP contribution in [0.3, 0.4) is 0 Å². The molecule has 0 aliphatic carbocycles. The van der Waals surface area contributed by atoms with Crippen LogP contribution in [0.4, 0.5) is 5.69 Å². The number of hydrogen-bond acceptors (Lipinski definition) is 2. The number of carbonyl (C=O) groups is 1. The maximum absolute atomic E-state index is 12.5. The molecule has 0 bridgehead atoms. The molecule has 0 aliphatic heterocycles. The molecule has 0 unspecified atom stereocenters. The lowest BCUT2D eigenvalue weighted by Gasteiger charge is -2.09. The van der Waals surface area contributed by atoms with E-state index in [9.17, 15) is 4.79 Å². The van der Waals surface area contributed by atoms with Crippen molar-refractivity contribution in [3.63, 3.8) is 0 Å². The maximum atomic E-state index is 12.5. The Labute approximate surface area is 131 Å². The maximum Gasteiger partial charge on any atom is 0.256 e. The van der Waals surface area contributed by atoms with E-state index in [0.29, 0.717) is 21.3 Å². The number of hydrogen-bond donors (Lipinski definition) is 1. The zero-order chi connectivity index (χ0) is 14.8. The zero-order valence-corrected chi connectivity index (χ0v) is 12.3. The molecule has 1 aromatic heterocycles. The second-order valence-corrected chi connectivity index (χ2v) is 5.22. The second kappa shape index (κ2) is 5.72. The van der Waals surface area contributed by atoms with Crippen molar-refractivity contribution in [2.24, 2.45) is 0 Å². The molecule has 21 heavy (non-hydrogen) atoms. The third-order valence-corrected chi connectivity index (χ3v) is 3.91. The Bertz CT molecular complexity index is 828. The highest BCUT2D eigenvalue weighted by Crippen LogP contribution is 2.30. The van der Waals surface area contributed by atoms with Crippen molar-refractivity contribution >= 4 is 45.7 Å². The summed E-state index contributed by atoms with van der Waals surface area (Å²) in [6, 6.07) is 14.2. The van der Waals surface area contributed by atoms with Crippen molar-refractivity contribution in [2.45, 2.75) is 0 Å². The molecule has 104 valence electrons. The third kappa shape index (κ3) is 2.71. The van der Waals surface area contributed by atoms with Gasteiger partial charge < -0.3 is 5.32 Å². The summed E-state index contributed by atoms with van der Waals surface area (Å²) in [6.45, 7) is 0.